The van der Waals surface area contributed by atoms with Gasteiger partial charge in [-0.3, -0.25) is 0 Å². The minimum atomic E-state index is 1.32. The molecule has 0 atom stereocenters. The Morgan fingerprint density at radius 3 is 0.447 bits per heavy atom. The second-order valence-corrected chi connectivity index (χ2v) is 15.8. The van der Waals surface area contributed by atoms with Gasteiger partial charge in [-0.05, 0) is 25.7 Å². The van der Waals surface area contributed by atoms with Gasteiger partial charge in [-0.2, -0.15) is 0 Å². The molecule has 0 aromatic heterocycles. The summed E-state index contributed by atoms with van der Waals surface area (Å²) in [4.78, 5) is 0. The molecule has 0 N–H and O–H groups in total. The van der Waals surface area contributed by atoms with Crippen LogP contribution >= 0.6 is 0 Å². The molecule has 0 saturated heterocycles. The maximum atomic E-state index is 2.48. The quantitative estimate of drug-likeness (QED) is 0.0452. The molecule has 0 aliphatic carbocycles. The average molecular weight is 659 g/mol. The normalized spacial score (nSPS) is 11.8. The number of allylic oxidation sites excluding steroid dienone is 2. The van der Waals surface area contributed by atoms with Crippen molar-refractivity contribution < 1.29 is 0 Å². The molecule has 0 aromatic rings. The molecule has 0 aliphatic heterocycles. The first kappa shape index (κ1) is 46.7. The predicted octanol–water partition coefficient (Wildman–Crippen LogP) is 18.4. The Morgan fingerprint density at radius 2 is 0.298 bits per heavy atom. The Balaban J connectivity index is 3.09. The van der Waals surface area contributed by atoms with Crippen molar-refractivity contribution in [2.45, 2.75) is 290 Å². The maximum absolute atomic E-state index is 2.48. The van der Waals surface area contributed by atoms with E-state index in [0.717, 1.165) is 0 Å². The molecule has 0 heteroatoms. The fraction of sp³-hybridized carbons (Fsp3) is 0.957. The number of hydrogen-bond acceptors (Lipinski definition) is 0. The van der Waals surface area contributed by atoms with Crippen LogP contribution in [-0.4, -0.2) is 0 Å². The summed E-state index contributed by atoms with van der Waals surface area (Å²) in [5, 5.41) is 0. The smallest absolute Gasteiger partial charge is 0.0351 e. The number of hydrogen-bond donors (Lipinski definition) is 0. The zero-order valence-corrected chi connectivity index (χ0v) is 33.6. The molecule has 0 fully saturated rings. The topological polar surface area (TPSA) is 0 Å². The lowest BCUT2D eigenvalue weighted by Crippen LogP contribution is -1.84. The molecule has 0 radical (unpaired) electrons. The largest absolute Gasteiger partial charge is 0.0885 e. The van der Waals surface area contributed by atoms with E-state index in [9.17, 15) is 0 Å². The summed E-state index contributed by atoms with van der Waals surface area (Å²) in [6.45, 7) is 4.62. The molecule has 0 nitrogen and oxygen atoms in total. The van der Waals surface area contributed by atoms with Gasteiger partial charge in [0, 0.05) is 0 Å². The molecule has 0 bridgehead atoms. The fourth-order valence-electron chi connectivity index (χ4n) is 7.45. The van der Waals surface area contributed by atoms with Crippen molar-refractivity contribution in [3.8, 4) is 0 Å². The maximum Gasteiger partial charge on any atom is -0.0351 e. The zero-order valence-electron chi connectivity index (χ0n) is 33.6. The van der Waals surface area contributed by atoms with Gasteiger partial charge < -0.3 is 0 Å². The lowest BCUT2D eigenvalue weighted by molar-refractivity contribution is 0.520. The van der Waals surface area contributed by atoms with Gasteiger partial charge in [-0.15, -0.1) is 0 Å². The molecule has 0 saturated carbocycles. The minimum Gasteiger partial charge on any atom is -0.0885 e. The minimum absolute atomic E-state index is 1.32. The highest BCUT2D eigenvalue weighted by atomic mass is 14.0. The summed E-state index contributed by atoms with van der Waals surface area (Å²) in [5.41, 5.74) is 0. The second kappa shape index (κ2) is 45.7. The van der Waals surface area contributed by atoms with Gasteiger partial charge in [0.05, 0.1) is 0 Å². The van der Waals surface area contributed by atoms with Crippen molar-refractivity contribution in [3.63, 3.8) is 0 Å². The van der Waals surface area contributed by atoms with Crippen LogP contribution in [0.25, 0.3) is 0 Å². The lowest BCUT2D eigenvalue weighted by atomic mass is 10.0. The molecule has 0 aromatic carbocycles. The zero-order chi connectivity index (χ0) is 33.8. The molecule has 0 spiro atoms. The third-order valence-corrected chi connectivity index (χ3v) is 10.9. The highest BCUT2D eigenvalue weighted by molar-refractivity contribution is 4.81. The van der Waals surface area contributed by atoms with Crippen molar-refractivity contribution >= 4 is 0 Å². The van der Waals surface area contributed by atoms with E-state index in [-0.39, 0.29) is 0 Å². The average Bonchev–Trinajstić information content (AvgIpc) is 3.08. The summed E-state index contributed by atoms with van der Waals surface area (Å²) >= 11 is 0. The van der Waals surface area contributed by atoms with Crippen LogP contribution in [0.5, 0.6) is 0 Å². The summed E-state index contributed by atoms with van der Waals surface area (Å²) in [5.74, 6) is 0. The van der Waals surface area contributed by atoms with E-state index in [1.165, 1.54) is 276 Å². The van der Waals surface area contributed by atoms with E-state index >= 15 is 0 Å². The first-order valence-electron chi connectivity index (χ1n) is 23.1. The van der Waals surface area contributed by atoms with Crippen LogP contribution < -0.4 is 0 Å². The van der Waals surface area contributed by atoms with Gasteiger partial charge in [0.25, 0.3) is 0 Å². The third kappa shape index (κ3) is 45.7. The van der Waals surface area contributed by atoms with E-state index in [2.05, 4.69) is 26.0 Å². The van der Waals surface area contributed by atoms with Crippen LogP contribution in [0.2, 0.25) is 0 Å². The Bertz CT molecular complexity index is 532. The highest BCUT2D eigenvalue weighted by Crippen LogP contribution is 2.17. The van der Waals surface area contributed by atoms with Crippen LogP contribution in [0.3, 0.4) is 0 Å². The van der Waals surface area contributed by atoms with Crippen molar-refractivity contribution in [3.05, 3.63) is 12.2 Å². The van der Waals surface area contributed by atoms with Crippen molar-refractivity contribution in [1.82, 2.24) is 0 Å². The van der Waals surface area contributed by atoms with Gasteiger partial charge in [-0.25, -0.2) is 0 Å². The molecule has 0 unspecified atom stereocenters. The van der Waals surface area contributed by atoms with Crippen LogP contribution in [0, 0.1) is 0 Å². The predicted molar refractivity (Wildman–Crippen MR) is 219 cm³/mol. The summed E-state index contributed by atoms with van der Waals surface area (Å²) in [7, 11) is 0. The molecular weight excluding hydrogens is 565 g/mol. The summed E-state index contributed by atoms with van der Waals surface area (Å²) in [6, 6.07) is 0. The molecule has 0 amide bonds. The van der Waals surface area contributed by atoms with E-state index < -0.39 is 0 Å². The van der Waals surface area contributed by atoms with E-state index in [1.807, 2.05) is 0 Å². The molecule has 0 heterocycles. The van der Waals surface area contributed by atoms with Gasteiger partial charge in [0.15, 0.2) is 0 Å². The first-order valence-corrected chi connectivity index (χ1v) is 23.1. The van der Waals surface area contributed by atoms with Crippen LogP contribution in [0.1, 0.15) is 290 Å². The number of unbranched alkanes of at least 4 members (excludes halogenated alkanes) is 41. The Labute approximate surface area is 301 Å². The fourth-order valence-corrected chi connectivity index (χ4v) is 7.45. The monoisotopic (exact) mass is 659 g/mol. The van der Waals surface area contributed by atoms with Gasteiger partial charge in [0.2, 0.25) is 0 Å². The summed E-state index contributed by atoms with van der Waals surface area (Å²) < 4.78 is 0. The standard InChI is InChI=1S/C47H94/c1-3-5-7-9-11-13-15-17-19-21-23-25-27-29-31-33-35-37-39-41-43-45-47-46-44-42-40-38-36-34-32-30-28-26-24-22-20-18-16-14-12-10-8-6-4-2/h45,47H,3-44,46H2,1-2H3. The van der Waals surface area contributed by atoms with E-state index in [0.29, 0.717) is 0 Å². The second-order valence-electron chi connectivity index (χ2n) is 15.8. The molecular formula is C47H94. The molecule has 47 heavy (non-hydrogen) atoms. The lowest BCUT2D eigenvalue weighted by Gasteiger charge is -2.04. The molecule has 282 valence electrons. The van der Waals surface area contributed by atoms with Crippen LogP contribution in [0.4, 0.5) is 0 Å². The first-order chi connectivity index (χ1) is 23.4. The van der Waals surface area contributed by atoms with Gasteiger partial charge in [-0.1, -0.05) is 276 Å². The SMILES string of the molecule is CCCCCCCCCCCCCCCCCCCCCCC=CCCCCCCCCCCCCCCCCCCCCCCC. The van der Waals surface area contributed by atoms with Crippen molar-refractivity contribution in [2.75, 3.05) is 0 Å². The molecule has 0 aliphatic rings. The summed E-state index contributed by atoms with van der Waals surface area (Å²) in [6.07, 6.45) is 67.9. The third-order valence-electron chi connectivity index (χ3n) is 10.9. The van der Waals surface area contributed by atoms with E-state index in [1.54, 1.807) is 0 Å². The van der Waals surface area contributed by atoms with Gasteiger partial charge in [0.1, 0.15) is 0 Å². The Kier molecular flexibility index (Phi) is 45.5. The van der Waals surface area contributed by atoms with Gasteiger partial charge >= 0.3 is 0 Å². The molecule has 0 rings (SSSR count). The van der Waals surface area contributed by atoms with Crippen molar-refractivity contribution in [2.24, 2.45) is 0 Å². The van der Waals surface area contributed by atoms with Crippen molar-refractivity contribution in [1.29, 1.82) is 0 Å². The Hall–Kier alpha value is -0.260. The highest BCUT2D eigenvalue weighted by Gasteiger charge is 1.97. The van der Waals surface area contributed by atoms with Crippen LogP contribution in [0.15, 0.2) is 12.2 Å². The number of rotatable bonds is 43. The Morgan fingerprint density at radius 1 is 0.170 bits per heavy atom. The van der Waals surface area contributed by atoms with Crippen LogP contribution in [-0.2, 0) is 0 Å². The van der Waals surface area contributed by atoms with E-state index in [4.69, 9.17) is 0 Å².